The number of nitro benzene ring substituents is 1. The molecule has 0 aliphatic heterocycles. The van der Waals surface area contributed by atoms with Gasteiger partial charge in [-0.05, 0) is 13.0 Å². The summed E-state index contributed by atoms with van der Waals surface area (Å²) in [6.45, 7) is 1.96. The molecule has 0 amide bonds. The number of anilines is 1. The van der Waals surface area contributed by atoms with Crippen molar-refractivity contribution in [3.63, 3.8) is 0 Å². The quantitative estimate of drug-likeness (QED) is 0.375. The van der Waals surface area contributed by atoms with Crippen LogP contribution in [0, 0.1) is 17.0 Å². The molecule has 2 aromatic carbocycles. The highest BCUT2D eigenvalue weighted by molar-refractivity contribution is 7.15. The van der Waals surface area contributed by atoms with E-state index >= 15 is 0 Å². The summed E-state index contributed by atoms with van der Waals surface area (Å²) in [6.07, 6.45) is 1.26. The number of rotatable bonds is 6. The highest BCUT2D eigenvalue weighted by atomic mass is 32.1. The van der Waals surface area contributed by atoms with E-state index in [9.17, 15) is 15.2 Å². The van der Waals surface area contributed by atoms with E-state index in [1.165, 1.54) is 30.7 Å². The Morgan fingerprint density at radius 3 is 2.74 bits per heavy atom. The van der Waals surface area contributed by atoms with Crippen LogP contribution in [-0.2, 0) is 0 Å². The van der Waals surface area contributed by atoms with Gasteiger partial charge in [-0.2, -0.15) is 5.10 Å². The Hall–Kier alpha value is -3.46. The van der Waals surface area contributed by atoms with E-state index in [1.54, 1.807) is 0 Å². The summed E-state index contributed by atoms with van der Waals surface area (Å²) in [5, 5.41) is 25.6. The molecule has 9 heteroatoms. The molecule has 0 radical (unpaired) electrons. The fourth-order valence-electron chi connectivity index (χ4n) is 2.46. The van der Waals surface area contributed by atoms with Crippen molar-refractivity contribution in [1.29, 1.82) is 0 Å². The average Bonchev–Trinajstić information content (AvgIpc) is 3.03. The molecule has 2 N–H and O–H groups in total. The Balaban J connectivity index is 1.82. The number of hydrogen-bond donors (Lipinski definition) is 2. The fourth-order valence-corrected chi connectivity index (χ4v) is 3.25. The van der Waals surface area contributed by atoms with E-state index < -0.39 is 4.92 Å². The molecule has 3 rings (SSSR count). The van der Waals surface area contributed by atoms with Gasteiger partial charge < -0.3 is 9.84 Å². The van der Waals surface area contributed by atoms with Crippen LogP contribution in [0.2, 0.25) is 0 Å². The number of hydrogen-bond acceptors (Lipinski definition) is 8. The lowest BCUT2D eigenvalue weighted by atomic mass is 10.1. The highest BCUT2D eigenvalue weighted by Gasteiger charge is 2.17. The Morgan fingerprint density at radius 2 is 2.07 bits per heavy atom. The van der Waals surface area contributed by atoms with Gasteiger partial charge in [0.05, 0.1) is 35.6 Å². The summed E-state index contributed by atoms with van der Waals surface area (Å²) in [6, 6.07) is 12.1. The van der Waals surface area contributed by atoms with Gasteiger partial charge in [0.15, 0.2) is 11.5 Å². The van der Waals surface area contributed by atoms with Crippen molar-refractivity contribution < 1.29 is 14.8 Å². The predicted molar refractivity (Wildman–Crippen MR) is 105 cm³/mol. The Kier molecular flexibility index (Phi) is 5.32. The molecule has 0 fully saturated rings. The SMILES string of the molecule is COc1cc([N+](=O)[O-])c(/C=N/Nc2nc(-c3ccccc3)c(C)s2)cc1O. The lowest BCUT2D eigenvalue weighted by Gasteiger charge is -2.04. The van der Waals surface area contributed by atoms with E-state index in [1.807, 2.05) is 37.3 Å². The third kappa shape index (κ3) is 4.04. The molecule has 0 saturated carbocycles. The molecule has 0 aliphatic carbocycles. The minimum Gasteiger partial charge on any atom is -0.504 e. The second kappa shape index (κ2) is 7.83. The van der Waals surface area contributed by atoms with Gasteiger partial charge in [-0.3, -0.25) is 15.5 Å². The Labute approximate surface area is 158 Å². The predicted octanol–water partition coefficient (Wildman–Crippen LogP) is 4.19. The second-order valence-electron chi connectivity index (χ2n) is 5.50. The number of nitrogens with one attached hydrogen (secondary N) is 1. The number of ether oxygens (including phenoxy) is 1. The smallest absolute Gasteiger partial charge is 0.282 e. The number of aromatic nitrogens is 1. The van der Waals surface area contributed by atoms with Crippen LogP contribution in [0.25, 0.3) is 11.3 Å². The molecule has 1 heterocycles. The van der Waals surface area contributed by atoms with Crippen LogP contribution in [0.4, 0.5) is 10.8 Å². The molecule has 0 saturated heterocycles. The molecule has 3 aromatic rings. The first-order chi connectivity index (χ1) is 13.0. The summed E-state index contributed by atoms with van der Waals surface area (Å²) in [4.78, 5) is 16.2. The summed E-state index contributed by atoms with van der Waals surface area (Å²) < 4.78 is 4.90. The number of nitro groups is 1. The minimum atomic E-state index is -0.565. The zero-order chi connectivity index (χ0) is 19.4. The summed E-state index contributed by atoms with van der Waals surface area (Å²) in [5.74, 6) is -0.184. The van der Waals surface area contributed by atoms with Crippen LogP contribution in [0.5, 0.6) is 11.5 Å². The number of aryl methyl sites for hydroxylation is 1. The number of nitrogens with zero attached hydrogens (tertiary/aromatic N) is 3. The third-order valence-electron chi connectivity index (χ3n) is 3.73. The van der Waals surface area contributed by atoms with Crippen molar-refractivity contribution in [2.45, 2.75) is 6.92 Å². The van der Waals surface area contributed by atoms with Crippen LogP contribution < -0.4 is 10.2 Å². The molecule has 1 aromatic heterocycles. The van der Waals surface area contributed by atoms with Crippen molar-refractivity contribution in [3.8, 4) is 22.8 Å². The number of hydrazone groups is 1. The van der Waals surface area contributed by atoms with Gasteiger partial charge in [-0.15, -0.1) is 11.3 Å². The van der Waals surface area contributed by atoms with Gasteiger partial charge in [0, 0.05) is 10.4 Å². The van der Waals surface area contributed by atoms with E-state index in [0.29, 0.717) is 5.13 Å². The molecule has 0 aliphatic rings. The van der Waals surface area contributed by atoms with Gasteiger partial charge in [0.1, 0.15) is 0 Å². The molecule has 8 nitrogen and oxygen atoms in total. The van der Waals surface area contributed by atoms with Crippen LogP contribution in [0.3, 0.4) is 0 Å². The minimum absolute atomic E-state index is 0.0230. The van der Waals surface area contributed by atoms with Crippen LogP contribution >= 0.6 is 11.3 Å². The Bertz CT molecular complexity index is 1000. The van der Waals surface area contributed by atoms with Gasteiger partial charge in [-0.25, -0.2) is 4.98 Å². The third-order valence-corrected chi connectivity index (χ3v) is 4.61. The zero-order valence-corrected chi connectivity index (χ0v) is 15.4. The lowest BCUT2D eigenvalue weighted by molar-refractivity contribution is -0.385. The van der Waals surface area contributed by atoms with E-state index in [2.05, 4.69) is 15.5 Å². The highest BCUT2D eigenvalue weighted by Crippen LogP contribution is 2.33. The molecular formula is C18H16N4O4S. The maximum atomic E-state index is 11.2. The lowest BCUT2D eigenvalue weighted by Crippen LogP contribution is -1.98. The van der Waals surface area contributed by atoms with Crippen molar-refractivity contribution in [3.05, 3.63) is 63.0 Å². The van der Waals surface area contributed by atoms with Crippen molar-refractivity contribution in [1.82, 2.24) is 4.98 Å². The fraction of sp³-hybridized carbons (Fsp3) is 0.111. The largest absolute Gasteiger partial charge is 0.504 e. The average molecular weight is 384 g/mol. The van der Waals surface area contributed by atoms with Gasteiger partial charge in [0.25, 0.3) is 5.69 Å². The van der Waals surface area contributed by atoms with Crippen LogP contribution in [0.1, 0.15) is 10.4 Å². The molecular weight excluding hydrogens is 368 g/mol. The summed E-state index contributed by atoms with van der Waals surface area (Å²) >= 11 is 1.42. The molecule has 0 spiro atoms. The van der Waals surface area contributed by atoms with E-state index in [4.69, 9.17) is 4.74 Å². The number of phenols is 1. The van der Waals surface area contributed by atoms with Crippen molar-refractivity contribution in [2.75, 3.05) is 12.5 Å². The first-order valence-corrected chi connectivity index (χ1v) is 8.68. The number of benzene rings is 2. The van der Waals surface area contributed by atoms with Gasteiger partial charge >= 0.3 is 0 Å². The first kappa shape index (κ1) is 18.3. The standard InChI is InChI=1S/C18H16N4O4S/c1-11-17(12-6-4-3-5-7-12)20-18(27-11)21-19-10-13-8-15(23)16(26-2)9-14(13)22(24)25/h3-10,23H,1-2H3,(H,20,21)/b19-10+. The summed E-state index contributed by atoms with van der Waals surface area (Å²) in [7, 11) is 1.32. The monoisotopic (exact) mass is 384 g/mol. The molecule has 0 bridgehead atoms. The Morgan fingerprint density at radius 1 is 1.33 bits per heavy atom. The van der Waals surface area contributed by atoms with E-state index in [-0.39, 0.29) is 22.7 Å². The normalized spacial score (nSPS) is 10.9. The first-order valence-electron chi connectivity index (χ1n) is 7.87. The topological polar surface area (TPSA) is 110 Å². The number of methoxy groups -OCH3 is 1. The van der Waals surface area contributed by atoms with Crippen LogP contribution in [-0.4, -0.2) is 28.3 Å². The maximum absolute atomic E-state index is 11.2. The molecule has 0 unspecified atom stereocenters. The number of phenolic OH excluding ortho intramolecular Hbond substituents is 1. The van der Waals surface area contributed by atoms with Gasteiger partial charge in [-0.1, -0.05) is 30.3 Å². The van der Waals surface area contributed by atoms with Crippen molar-refractivity contribution >= 4 is 28.4 Å². The maximum Gasteiger partial charge on any atom is 0.282 e. The molecule has 0 atom stereocenters. The second-order valence-corrected chi connectivity index (χ2v) is 6.70. The number of thiazole rings is 1. The van der Waals surface area contributed by atoms with Crippen molar-refractivity contribution in [2.24, 2.45) is 5.10 Å². The zero-order valence-electron chi connectivity index (χ0n) is 14.5. The molecule has 27 heavy (non-hydrogen) atoms. The van der Waals surface area contributed by atoms with Crippen LogP contribution in [0.15, 0.2) is 47.6 Å². The number of aromatic hydroxyl groups is 1. The van der Waals surface area contributed by atoms with Gasteiger partial charge in [0.2, 0.25) is 5.13 Å². The van der Waals surface area contributed by atoms with E-state index in [0.717, 1.165) is 22.2 Å². The summed E-state index contributed by atoms with van der Waals surface area (Å²) in [5.41, 5.74) is 4.55. The molecule has 138 valence electrons.